The molecule has 2 aromatic heterocycles. The Morgan fingerprint density at radius 1 is 1.10 bits per heavy atom. The van der Waals surface area contributed by atoms with E-state index in [1.54, 1.807) is 6.20 Å². The van der Waals surface area contributed by atoms with Crippen LogP contribution in [0.2, 0.25) is 0 Å². The van der Waals surface area contributed by atoms with Crippen molar-refractivity contribution in [2.75, 3.05) is 10.6 Å². The molecule has 142 valence electrons. The standard InChI is InChI=1S/C20H15N7OS/c28-18(15-10-22-23-11-15)24-16-3-1-2-12(6-16)19-26-27-20(29-19)25-17-5-4-13-8-21-9-14(13)7-17/h1-7,9-11H,8H2,(H,22,23)(H,24,28)(H,25,27). The predicted molar refractivity (Wildman–Crippen MR) is 113 cm³/mol. The van der Waals surface area contributed by atoms with Gasteiger partial charge in [0.2, 0.25) is 5.13 Å². The summed E-state index contributed by atoms with van der Waals surface area (Å²) in [6.45, 7) is 0.742. The number of aromatic nitrogens is 4. The molecular weight excluding hydrogens is 386 g/mol. The molecular formula is C20H15N7OS. The summed E-state index contributed by atoms with van der Waals surface area (Å²) in [4.78, 5) is 16.5. The van der Waals surface area contributed by atoms with Gasteiger partial charge in [-0.25, -0.2) is 0 Å². The maximum atomic E-state index is 12.2. The molecule has 0 atom stereocenters. The topological polar surface area (TPSA) is 108 Å². The number of amides is 1. The number of aliphatic imine (C=N–C) groups is 1. The van der Waals surface area contributed by atoms with E-state index in [0.717, 1.165) is 28.4 Å². The van der Waals surface area contributed by atoms with Crippen LogP contribution in [0.4, 0.5) is 16.5 Å². The molecule has 8 nitrogen and oxygen atoms in total. The van der Waals surface area contributed by atoms with Crippen LogP contribution in [0.3, 0.4) is 0 Å². The van der Waals surface area contributed by atoms with Crippen LogP contribution in [0.1, 0.15) is 21.5 Å². The molecule has 1 aliphatic heterocycles. The summed E-state index contributed by atoms with van der Waals surface area (Å²) in [6, 6.07) is 13.6. The highest BCUT2D eigenvalue weighted by Gasteiger charge is 2.12. The molecule has 0 unspecified atom stereocenters. The minimum absolute atomic E-state index is 0.226. The number of carbonyl (C=O) groups excluding carboxylic acids is 1. The third-order valence-corrected chi connectivity index (χ3v) is 5.33. The van der Waals surface area contributed by atoms with E-state index in [1.807, 2.05) is 36.5 Å². The normalized spacial score (nSPS) is 12.0. The highest BCUT2D eigenvalue weighted by molar-refractivity contribution is 7.18. The third kappa shape index (κ3) is 3.63. The first-order valence-corrected chi connectivity index (χ1v) is 9.70. The summed E-state index contributed by atoms with van der Waals surface area (Å²) in [7, 11) is 0. The second-order valence-corrected chi connectivity index (χ2v) is 7.42. The fourth-order valence-electron chi connectivity index (χ4n) is 3.00. The van der Waals surface area contributed by atoms with Crippen LogP contribution < -0.4 is 10.6 Å². The first-order valence-electron chi connectivity index (χ1n) is 8.88. The van der Waals surface area contributed by atoms with Crippen molar-refractivity contribution in [3.05, 3.63) is 71.5 Å². The van der Waals surface area contributed by atoms with Crippen LogP contribution in [-0.4, -0.2) is 32.5 Å². The molecule has 1 aliphatic rings. The number of hydrogen-bond acceptors (Lipinski definition) is 7. The first kappa shape index (κ1) is 17.3. The van der Waals surface area contributed by atoms with E-state index in [0.29, 0.717) is 16.4 Å². The second-order valence-electron chi connectivity index (χ2n) is 6.44. The van der Waals surface area contributed by atoms with E-state index in [1.165, 1.54) is 23.1 Å². The number of hydrogen-bond donors (Lipinski definition) is 3. The zero-order valence-electron chi connectivity index (χ0n) is 15.1. The number of carbonyl (C=O) groups is 1. The van der Waals surface area contributed by atoms with Crippen molar-refractivity contribution in [1.29, 1.82) is 0 Å². The number of nitrogens with one attached hydrogen (secondary N) is 3. The smallest absolute Gasteiger partial charge is 0.258 e. The summed E-state index contributed by atoms with van der Waals surface area (Å²) in [5, 5.41) is 22.5. The van der Waals surface area contributed by atoms with Crippen LogP contribution in [0.25, 0.3) is 10.6 Å². The van der Waals surface area contributed by atoms with Crippen molar-refractivity contribution in [3.63, 3.8) is 0 Å². The number of nitrogens with zero attached hydrogens (tertiary/aromatic N) is 4. The van der Waals surface area contributed by atoms with Gasteiger partial charge in [0.1, 0.15) is 5.01 Å². The van der Waals surface area contributed by atoms with Gasteiger partial charge in [-0.15, -0.1) is 10.2 Å². The average molecular weight is 401 g/mol. The highest BCUT2D eigenvalue weighted by atomic mass is 32.1. The van der Waals surface area contributed by atoms with Gasteiger partial charge in [0, 0.05) is 29.3 Å². The monoisotopic (exact) mass is 401 g/mol. The quantitative estimate of drug-likeness (QED) is 0.471. The Kier molecular flexibility index (Phi) is 4.34. The van der Waals surface area contributed by atoms with Crippen LogP contribution in [0.15, 0.2) is 59.9 Å². The molecule has 0 fully saturated rings. The van der Waals surface area contributed by atoms with Gasteiger partial charge < -0.3 is 10.6 Å². The van der Waals surface area contributed by atoms with E-state index in [9.17, 15) is 4.79 Å². The summed E-state index contributed by atoms with van der Waals surface area (Å²) in [6.07, 6.45) is 4.91. The van der Waals surface area contributed by atoms with Crippen LogP contribution in [-0.2, 0) is 6.54 Å². The van der Waals surface area contributed by atoms with Gasteiger partial charge in [0.15, 0.2) is 0 Å². The highest BCUT2D eigenvalue weighted by Crippen LogP contribution is 2.30. The van der Waals surface area contributed by atoms with Crippen LogP contribution in [0, 0.1) is 0 Å². The molecule has 4 aromatic rings. The van der Waals surface area contributed by atoms with Crippen molar-refractivity contribution in [2.24, 2.45) is 4.99 Å². The lowest BCUT2D eigenvalue weighted by molar-refractivity contribution is 0.102. The summed E-state index contributed by atoms with van der Waals surface area (Å²) in [5.41, 5.74) is 5.32. The van der Waals surface area contributed by atoms with E-state index in [2.05, 4.69) is 48.2 Å². The first-order chi connectivity index (χ1) is 14.2. The minimum atomic E-state index is -0.226. The third-order valence-electron chi connectivity index (χ3n) is 4.44. The van der Waals surface area contributed by atoms with Gasteiger partial charge in [-0.1, -0.05) is 29.5 Å². The zero-order chi connectivity index (χ0) is 19.6. The Morgan fingerprint density at radius 2 is 2.07 bits per heavy atom. The molecule has 0 spiro atoms. The Hall–Kier alpha value is -3.85. The maximum absolute atomic E-state index is 12.2. The number of anilines is 3. The SMILES string of the molecule is O=C(Nc1cccc(-c2nnc(Nc3ccc4c(c3)C=NC4)s2)c1)c1cn[nH]c1. The molecule has 0 saturated carbocycles. The predicted octanol–water partition coefficient (Wildman–Crippen LogP) is 3.86. The molecule has 2 aromatic carbocycles. The Morgan fingerprint density at radius 3 is 2.97 bits per heavy atom. The van der Waals surface area contributed by atoms with Gasteiger partial charge >= 0.3 is 0 Å². The number of rotatable bonds is 5. The molecule has 0 bridgehead atoms. The van der Waals surface area contributed by atoms with Gasteiger partial charge in [0.25, 0.3) is 5.91 Å². The number of benzene rings is 2. The van der Waals surface area contributed by atoms with Crippen LogP contribution in [0.5, 0.6) is 0 Å². The fourth-order valence-corrected chi connectivity index (χ4v) is 3.76. The lowest BCUT2D eigenvalue weighted by Gasteiger charge is -2.05. The van der Waals surface area contributed by atoms with Crippen molar-refractivity contribution < 1.29 is 4.79 Å². The molecule has 29 heavy (non-hydrogen) atoms. The second kappa shape index (κ2) is 7.28. The van der Waals surface area contributed by atoms with Crippen LogP contribution >= 0.6 is 11.3 Å². The molecule has 0 radical (unpaired) electrons. The molecule has 9 heteroatoms. The summed E-state index contributed by atoms with van der Waals surface area (Å²) in [5.74, 6) is -0.226. The Labute approximate surface area is 169 Å². The zero-order valence-corrected chi connectivity index (χ0v) is 15.9. The van der Waals surface area contributed by atoms with Crippen molar-refractivity contribution >= 4 is 40.0 Å². The average Bonchev–Trinajstić information content (AvgIpc) is 3.49. The van der Waals surface area contributed by atoms with E-state index in [-0.39, 0.29) is 5.91 Å². The maximum Gasteiger partial charge on any atom is 0.258 e. The minimum Gasteiger partial charge on any atom is -0.330 e. The lowest BCUT2D eigenvalue weighted by atomic mass is 10.1. The van der Waals surface area contributed by atoms with Crippen molar-refractivity contribution in [2.45, 2.75) is 6.54 Å². The molecule has 0 aliphatic carbocycles. The summed E-state index contributed by atoms with van der Waals surface area (Å²) < 4.78 is 0. The number of H-pyrrole nitrogens is 1. The van der Waals surface area contributed by atoms with Crippen molar-refractivity contribution in [1.82, 2.24) is 20.4 Å². The van der Waals surface area contributed by atoms with E-state index in [4.69, 9.17) is 0 Å². The molecule has 3 heterocycles. The molecule has 3 N–H and O–H groups in total. The largest absolute Gasteiger partial charge is 0.330 e. The molecule has 1 amide bonds. The van der Waals surface area contributed by atoms with Gasteiger partial charge in [0.05, 0.1) is 18.3 Å². The fraction of sp³-hybridized carbons (Fsp3) is 0.0500. The van der Waals surface area contributed by atoms with Gasteiger partial charge in [-0.05, 0) is 35.4 Å². The molecule has 5 rings (SSSR count). The Bertz CT molecular complexity index is 1210. The van der Waals surface area contributed by atoms with Gasteiger partial charge in [-0.3, -0.25) is 14.9 Å². The van der Waals surface area contributed by atoms with E-state index >= 15 is 0 Å². The number of aromatic amines is 1. The van der Waals surface area contributed by atoms with E-state index < -0.39 is 0 Å². The van der Waals surface area contributed by atoms with Gasteiger partial charge in [-0.2, -0.15) is 5.10 Å². The summed E-state index contributed by atoms with van der Waals surface area (Å²) >= 11 is 1.44. The van der Waals surface area contributed by atoms with Crippen molar-refractivity contribution in [3.8, 4) is 10.6 Å². The Balaban J connectivity index is 1.32. The lowest BCUT2D eigenvalue weighted by Crippen LogP contribution is -2.10. The molecule has 0 saturated heterocycles. The number of fused-ring (bicyclic) bond motifs is 1.